The number of rotatable bonds is 7. The van der Waals surface area contributed by atoms with Crippen LogP contribution in [0.1, 0.15) is 17.4 Å². The fourth-order valence-electron chi connectivity index (χ4n) is 2.94. The Balaban J connectivity index is 1.95. The number of aromatic nitrogens is 4. The molecule has 0 radical (unpaired) electrons. The second kappa shape index (κ2) is 10.4. The van der Waals surface area contributed by atoms with Crippen molar-refractivity contribution in [3.8, 4) is 22.8 Å². The molecule has 0 aromatic carbocycles. The van der Waals surface area contributed by atoms with Crippen LogP contribution in [0.25, 0.3) is 22.8 Å². The number of anilines is 1. The molecule has 11 nitrogen and oxygen atoms in total. The predicted molar refractivity (Wildman–Crippen MR) is 130 cm³/mol. The Morgan fingerprint density at radius 1 is 1.32 bits per heavy atom. The maximum Gasteiger partial charge on any atom is 0.274 e. The number of nitrogens with two attached hydrogens (primary N) is 1. The van der Waals surface area contributed by atoms with E-state index in [1.807, 2.05) is 38.1 Å². The molecule has 3 rings (SSSR count). The zero-order chi connectivity index (χ0) is 24.8. The van der Waals surface area contributed by atoms with Crippen LogP contribution in [0.4, 0.5) is 5.82 Å². The number of amides is 1. The average molecular weight is 463 g/mol. The zero-order valence-electron chi connectivity index (χ0n) is 19.4. The minimum absolute atomic E-state index is 0.0749. The highest BCUT2D eigenvalue weighted by atomic mass is 16.3. The number of oxazole rings is 1. The van der Waals surface area contributed by atoms with E-state index in [1.165, 1.54) is 23.1 Å². The van der Waals surface area contributed by atoms with Gasteiger partial charge in [-0.05, 0) is 19.1 Å². The predicted octanol–water partition coefficient (Wildman–Crippen LogP) is 1.86. The Bertz CT molecular complexity index is 1320. The number of carbonyl (C=O) groups is 1. The number of nitrogen functional groups attached to an aromatic ring is 1. The summed E-state index contributed by atoms with van der Waals surface area (Å²) in [5.41, 5.74) is 7.30. The van der Waals surface area contributed by atoms with Crippen LogP contribution in [-0.4, -0.2) is 56.8 Å². The van der Waals surface area contributed by atoms with Crippen LogP contribution < -0.4 is 16.6 Å². The number of carbonyl (C=O) groups excluding carboxylic acids is 1. The van der Waals surface area contributed by atoms with Crippen molar-refractivity contribution in [1.29, 1.82) is 0 Å². The minimum Gasteiger partial charge on any atom is -0.443 e. The first-order valence-electron chi connectivity index (χ1n) is 10.3. The Hall–Kier alpha value is -4.54. The molecule has 3 N–H and O–H groups in total. The topological polar surface area (TPSA) is 145 Å². The lowest BCUT2D eigenvalue weighted by molar-refractivity contribution is 0.0952. The number of allylic oxidation sites excluding steroid dienone is 1. The van der Waals surface area contributed by atoms with Crippen LogP contribution in [0.3, 0.4) is 0 Å². The number of likely N-dealkylation sites (N-methyl/N-ethyl adjacent to an activating group) is 1. The molecule has 0 aliphatic rings. The van der Waals surface area contributed by atoms with E-state index in [4.69, 9.17) is 10.2 Å². The van der Waals surface area contributed by atoms with Gasteiger partial charge in [-0.3, -0.25) is 9.59 Å². The number of hydrogen-bond acceptors (Lipinski definition) is 8. The van der Waals surface area contributed by atoms with E-state index in [1.54, 1.807) is 19.3 Å². The number of pyridine rings is 1. The molecule has 0 unspecified atom stereocenters. The fourth-order valence-corrected chi connectivity index (χ4v) is 2.94. The molecule has 11 heteroatoms. The standard InChI is InChI=1S/C23H26N8O3/c1-6-7-16(30(3)4)27-14(2)12-26-22(33)20-21(24)29-19(23-25-10-11-34-23)18(28-20)15-8-9-17(32)31(5)13-15/h6-11,13H,2,12H2,1,3-5H3,(H2,24,29)(H,26,33)/b7-6-,27-16?. The molecular weight excluding hydrogens is 436 g/mol. The van der Waals surface area contributed by atoms with Crippen LogP contribution in [0.15, 0.2) is 69.4 Å². The van der Waals surface area contributed by atoms with E-state index >= 15 is 0 Å². The lowest BCUT2D eigenvalue weighted by atomic mass is 10.1. The summed E-state index contributed by atoms with van der Waals surface area (Å²) < 4.78 is 6.76. The number of nitrogens with one attached hydrogen (secondary N) is 1. The highest BCUT2D eigenvalue weighted by Gasteiger charge is 2.22. The average Bonchev–Trinajstić information content (AvgIpc) is 3.33. The lowest BCUT2D eigenvalue weighted by Crippen LogP contribution is -2.28. The van der Waals surface area contributed by atoms with E-state index in [0.717, 1.165) is 0 Å². The highest BCUT2D eigenvalue weighted by molar-refractivity contribution is 5.98. The van der Waals surface area contributed by atoms with Gasteiger partial charge in [-0.15, -0.1) is 0 Å². The van der Waals surface area contributed by atoms with Crippen molar-refractivity contribution in [3.63, 3.8) is 0 Å². The van der Waals surface area contributed by atoms with Crippen molar-refractivity contribution in [2.75, 3.05) is 26.4 Å². The number of nitrogens with zero attached hydrogens (tertiary/aromatic N) is 6. The van der Waals surface area contributed by atoms with Crippen LogP contribution in [-0.2, 0) is 7.05 Å². The molecule has 0 aliphatic heterocycles. The Morgan fingerprint density at radius 2 is 2.09 bits per heavy atom. The van der Waals surface area contributed by atoms with E-state index in [-0.39, 0.29) is 40.9 Å². The van der Waals surface area contributed by atoms with Gasteiger partial charge < -0.3 is 24.9 Å². The number of hydrogen-bond donors (Lipinski definition) is 2. The van der Waals surface area contributed by atoms with Crippen molar-refractivity contribution < 1.29 is 9.21 Å². The van der Waals surface area contributed by atoms with Crippen molar-refractivity contribution in [2.45, 2.75) is 6.92 Å². The maximum absolute atomic E-state index is 12.9. The summed E-state index contributed by atoms with van der Waals surface area (Å²) in [6, 6.07) is 2.97. The van der Waals surface area contributed by atoms with Crippen molar-refractivity contribution in [3.05, 3.63) is 71.3 Å². The Labute approximate surface area is 196 Å². The number of aliphatic imine (C=N–C) groups is 1. The summed E-state index contributed by atoms with van der Waals surface area (Å²) in [5.74, 6) is 0.214. The molecule has 0 aliphatic carbocycles. The van der Waals surface area contributed by atoms with E-state index in [9.17, 15) is 9.59 Å². The molecule has 34 heavy (non-hydrogen) atoms. The van der Waals surface area contributed by atoms with Gasteiger partial charge in [0, 0.05) is 39.0 Å². The summed E-state index contributed by atoms with van der Waals surface area (Å²) in [4.78, 5) is 43.9. The largest absolute Gasteiger partial charge is 0.443 e. The molecule has 176 valence electrons. The normalized spacial score (nSPS) is 11.6. The third-order valence-electron chi connectivity index (χ3n) is 4.63. The monoisotopic (exact) mass is 462 g/mol. The van der Waals surface area contributed by atoms with Gasteiger partial charge in [-0.25, -0.2) is 19.9 Å². The van der Waals surface area contributed by atoms with Gasteiger partial charge in [-0.2, -0.15) is 0 Å². The molecule has 3 heterocycles. The molecule has 0 saturated heterocycles. The van der Waals surface area contributed by atoms with E-state index < -0.39 is 5.91 Å². The first-order valence-corrected chi connectivity index (χ1v) is 10.3. The zero-order valence-corrected chi connectivity index (χ0v) is 19.4. The first kappa shape index (κ1) is 24.1. The van der Waals surface area contributed by atoms with Crippen LogP contribution >= 0.6 is 0 Å². The van der Waals surface area contributed by atoms with Gasteiger partial charge in [0.25, 0.3) is 5.91 Å². The molecule has 0 bridgehead atoms. The fraction of sp³-hybridized carbons (Fsp3) is 0.217. The van der Waals surface area contributed by atoms with Gasteiger partial charge in [-0.1, -0.05) is 12.7 Å². The van der Waals surface area contributed by atoms with Crippen molar-refractivity contribution in [1.82, 2.24) is 29.7 Å². The molecule has 3 aromatic rings. The van der Waals surface area contributed by atoms with E-state index in [2.05, 4.69) is 31.8 Å². The second-order valence-corrected chi connectivity index (χ2v) is 7.47. The van der Waals surface area contributed by atoms with Gasteiger partial charge in [0.15, 0.2) is 17.2 Å². The van der Waals surface area contributed by atoms with Gasteiger partial charge >= 0.3 is 0 Å². The molecule has 3 aromatic heterocycles. The number of amidine groups is 1. The second-order valence-electron chi connectivity index (χ2n) is 7.47. The summed E-state index contributed by atoms with van der Waals surface area (Å²) >= 11 is 0. The maximum atomic E-state index is 12.9. The van der Waals surface area contributed by atoms with E-state index in [0.29, 0.717) is 17.1 Å². The molecular formula is C23H26N8O3. The first-order chi connectivity index (χ1) is 16.2. The molecule has 0 spiro atoms. The third kappa shape index (κ3) is 5.44. The molecule has 1 amide bonds. The number of aryl methyl sites for hydroxylation is 1. The summed E-state index contributed by atoms with van der Waals surface area (Å²) in [7, 11) is 5.32. The smallest absolute Gasteiger partial charge is 0.274 e. The highest BCUT2D eigenvalue weighted by Crippen LogP contribution is 2.29. The van der Waals surface area contributed by atoms with Crippen LogP contribution in [0.2, 0.25) is 0 Å². The third-order valence-corrected chi connectivity index (χ3v) is 4.63. The summed E-state index contributed by atoms with van der Waals surface area (Å²) in [6.07, 6.45) is 8.12. The molecule has 0 saturated carbocycles. The Morgan fingerprint density at radius 3 is 2.71 bits per heavy atom. The van der Waals surface area contributed by atoms with Crippen molar-refractivity contribution >= 4 is 17.6 Å². The van der Waals surface area contributed by atoms with Crippen molar-refractivity contribution in [2.24, 2.45) is 12.0 Å². The van der Waals surface area contributed by atoms with Crippen LogP contribution in [0.5, 0.6) is 0 Å². The minimum atomic E-state index is -0.552. The quantitative estimate of drug-likeness (QED) is 0.400. The van der Waals surface area contributed by atoms with Gasteiger partial charge in [0.1, 0.15) is 17.8 Å². The molecule has 0 atom stereocenters. The summed E-state index contributed by atoms with van der Waals surface area (Å²) in [5, 5.41) is 2.71. The molecule has 0 fully saturated rings. The van der Waals surface area contributed by atoms with Crippen LogP contribution in [0, 0.1) is 0 Å². The SMILES string of the molecule is C=C(CNC(=O)c1nc(-c2ccc(=O)n(C)c2)c(-c2ncco2)nc1N)N=C(/C=C\C)N(C)C. The van der Waals surface area contributed by atoms with Gasteiger partial charge in [0.2, 0.25) is 11.4 Å². The lowest BCUT2D eigenvalue weighted by Gasteiger charge is -2.14. The van der Waals surface area contributed by atoms with Gasteiger partial charge in [0.05, 0.1) is 18.4 Å². The summed E-state index contributed by atoms with van der Waals surface area (Å²) in [6.45, 7) is 5.85. The Kier molecular flexibility index (Phi) is 7.36.